The molecule has 6 nitrogen and oxygen atoms in total. The quantitative estimate of drug-likeness (QED) is 0.173. The summed E-state index contributed by atoms with van der Waals surface area (Å²) in [6, 6.07) is 3.83. The van der Waals surface area contributed by atoms with Crippen molar-refractivity contribution in [1.82, 2.24) is 0 Å². The summed E-state index contributed by atoms with van der Waals surface area (Å²) in [6.07, 6.45) is 15.4. The molecular weight excluding hydrogens is 420 g/mol. The SMILES string of the molecule is CCCCCCCCCCOC(=O)c1cc(C(=O)O)ccc1C(=O)OCCCCCCCC. The van der Waals surface area contributed by atoms with Crippen LogP contribution in [0.3, 0.4) is 0 Å². The zero-order chi connectivity index (χ0) is 24.3. The van der Waals surface area contributed by atoms with E-state index in [-0.39, 0.29) is 29.9 Å². The Balaban J connectivity index is 2.53. The van der Waals surface area contributed by atoms with Crippen LogP contribution in [0, 0.1) is 0 Å². The van der Waals surface area contributed by atoms with Crippen molar-refractivity contribution in [3.63, 3.8) is 0 Å². The van der Waals surface area contributed by atoms with E-state index in [2.05, 4.69) is 13.8 Å². The maximum Gasteiger partial charge on any atom is 0.339 e. The van der Waals surface area contributed by atoms with E-state index in [1.165, 1.54) is 69.6 Å². The zero-order valence-electron chi connectivity index (χ0n) is 20.5. The van der Waals surface area contributed by atoms with Gasteiger partial charge in [0.1, 0.15) is 0 Å². The lowest BCUT2D eigenvalue weighted by Crippen LogP contribution is -2.16. The van der Waals surface area contributed by atoms with Crippen LogP contribution in [0.25, 0.3) is 0 Å². The summed E-state index contributed by atoms with van der Waals surface area (Å²) in [5.74, 6) is -2.48. The normalized spacial score (nSPS) is 10.7. The van der Waals surface area contributed by atoms with E-state index < -0.39 is 17.9 Å². The minimum Gasteiger partial charge on any atom is -0.478 e. The highest BCUT2D eigenvalue weighted by atomic mass is 16.5. The number of ether oxygens (including phenoxy) is 2. The lowest BCUT2D eigenvalue weighted by Gasteiger charge is -2.11. The van der Waals surface area contributed by atoms with Gasteiger partial charge in [0.25, 0.3) is 0 Å². The van der Waals surface area contributed by atoms with E-state index in [9.17, 15) is 19.5 Å². The van der Waals surface area contributed by atoms with Crippen LogP contribution in [-0.4, -0.2) is 36.2 Å². The molecule has 1 aromatic carbocycles. The van der Waals surface area contributed by atoms with Gasteiger partial charge in [0.05, 0.1) is 29.9 Å². The predicted octanol–water partition coefficient (Wildman–Crippen LogP) is 7.20. The number of esters is 2. The van der Waals surface area contributed by atoms with Crippen LogP contribution in [0.1, 0.15) is 135 Å². The van der Waals surface area contributed by atoms with Crippen LogP contribution in [0.2, 0.25) is 0 Å². The van der Waals surface area contributed by atoms with Crippen molar-refractivity contribution in [1.29, 1.82) is 0 Å². The molecule has 0 saturated heterocycles. The van der Waals surface area contributed by atoms with E-state index >= 15 is 0 Å². The summed E-state index contributed by atoms with van der Waals surface area (Å²) in [5, 5.41) is 9.26. The highest BCUT2D eigenvalue weighted by Gasteiger charge is 2.21. The predicted molar refractivity (Wildman–Crippen MR) is 130 cm³/mol. The number of rotatable bonds is 19. The second kappa shape index (κ2) is 18.1. The molecule has 0 radical (unpaired) electrons. The topological polar surface area (TPSA) is 89.9 Å². The van der Waals surface area contributed by atoms with Crippen molar-refractivity contribution >= 4 is 17.9 Å². The highest BCUT2D eigenvalue weighted by Crippen LogP contribution is 2.17. The summed E-state index contributed by atoms with van der Waals surface area (Å²) in [7, 11) is 0. The number of aromatic carboxylic acids is 1. The molecule has 0 aliphatic rings. The van der Waals surface area contributed by atoms with E-state index in [1.54, 1.807) is 0 Å². The number of unbranched alkanes of at least 4 members (excludes halogenated alkanes) is 12. The fourth-order valence-corrected chi connectivity index (χ4v) is 3.63. The maximum absolute atomic E-state index is 12.6. The Labute approximate surface area is 199 Å². The highest BCUT2D eigenvalue weighted by molar-refractivity contribution is 6.05. The van der Waals surface area contributed by atoms with E-state index in [4.69, 9.17) is 9.47 Å². The Kier molecular flexibility index (Phi) is 15.7. The fraction of sp³-hybridized carbons (Fsp3) is 0.667. The summed E-state index contributed by atoms with van der Waals surface area (Å²) in [5.41, 5.74) is -0.0733. The number of hydrogen-bond donors (Lipinski definition) is 1. The Morgan fingerprint density at radius 2 is 1.06 bits per heavy atom. The minimum absolute atomic E-state index is 0.0481. The molecule has 0 saturated carbocycles. The van der Waals surface area contributed by atoms with Gasteiger partial charge >= 0.3 is 17.9 Å². The molecule has 0 unspecified atom stereocenters. The molecule has 0 aromatic heterocycles. The first-order chi connectivity index (χ1) is 16.0. The van der Waals surface area contributed by atoms with Crippen molar-refractivity contribution < 1.29 is 29.0 Å². The largest absolute Gasteiger partial charge is 0.478 e. The standard InChI is InChI=1S/C27H42O6/c1-3-5-7-9-11-12-14-16-20-33-27(31)24-21-22(25(28)29)17-18-23(24)26(30)32-19-15-13-10-8-6-4-2/h17-18,21H,3-16,19-20H2,1-2H3,(H,28,29). The van der Waals surface area contributed by atoms with Gasteiger partial charge in [-0.2, -0.15) is 0 Å². The summed E-state index contributed by atoms with van der Waals surface area (Å²) >= 11 is 0. The van der Waals surface area contributed by atoms with Crippen LogP contribution in [0.4, 0.5) is 0 Å². The van der Waals surface area contributed by atoms with E-state index in [1.807, 2.05) is 0 Å². The molecular formula is C27H42O6. The van der Waals surface area contributed by atoms with Gasteiger partial charge in [0.2, 0.25) is 0 Å². The number of carbonyl (C=O) groups excluding carboxylic acids is 2. The molecule has 0 bridgehead atoms. The van der Waals surface area contributed by atoms with Crippen molar-refractivity contribution in [3.8, 4) is 0 Å². The van der Waals surface area contributed by atoms with Crippen molar-refractivity contribution in [2.75, 3.05) is 13.2 Å². The maximum atomic E-state index is 12.6. The van der Waals surface area contributed by atoms with E-state index in [0.29, 0.717) is 0 Å². The second-order valence-electron chi connectivity index (χ2n) is 8.58. The van der Waals surface area contributed by atoms with Gasteiger partial charge in [0, 0.05) is 0 Å². The smallest absolute Gasteiger partial charge is 0.339 e. The number of benzene rings is 1. The van der Waals surface area contributed by atoms with E-state index in [0.717, 1.165) is 38.5 Å². The molecule has 0 spiro atoms. The molecule has 6 heteroatoms. The first-order valence-electron chi connectivity index (χ1n) is 12.7. The summed E-state index contributed by atoms with van der Waals surface area (Å²) < 4.78 is 10.7. The molecule has 0 heterocycles. The lowest BCUT2D eigenvalue weighted by molar-refractivity contribution is 0.0450. The molecule has 0 fully saturated rings. The van der Waals surface area contributed by atoms with Gasteiger partial charge in [-0.15, -0.1) is 0 Å². The van der Waals surface area contributed by atoms with Gasteiger partial charge in [-0.3, -0.25) is 0 Å². The first kappa shape index (κ1) is 28.7. The molecule has 0 aliphatic heterocycles. The molecule has 1 rings (SSSR count). The first-order valence-corrected chi connectivity index (χ1v) is 12.7. The molecule has 0 aliphatic carbocycles. The number of carboxylic acids is 1. The fourth-order valence-electron chi connectivity index (χ4n) is 3.63. The van der Waals surface area contributed by atoms with Crippen molar-refractivity contribution in [3.05, 3.63) is 34.9 Å². The monoisotopic (exact) mass is 462 g/mol. The van der Waals surface area contributed by atoms with Crippen molar-refractivity contribution in [2.45, 2.75) is 104 Å². The molecule has 33 heavy (non-hydrogen) atoms. The lowest BCUT2D eigenvalue weighted by atomic mass is 10.0. The molecule has 1 N–H and O–H groups in total. The average Bonchev–Trinajstić information content (AvgIpc) is 2.81. The van der Waals surface area contributed by atoms with Gasteiger partial charge in [0.15, 0.2) is 0 Å². The van der Waals surface area contributed by atoms with Crippen LogP contribution in [0.5, 0.6) is 0 Å². The Morgan fingerprint density at radius 1 is 0.636 bits per heavy atom. The third kappa shape index (κ3) is 12.4. The van der Waals surface area contributed by atoms with Gasteiger partial charge in [-0.25, -0.2) is 14.4 Å². The Bertz CT molecular complexity index is 713. The third-order valence-corrected chi connectivity index (χ3v) is 5.67. The zero-order valence-corrected chi connectivity index (χ0v) is 20.5. The molecule has 1 aromatic rings. The van der Waals surface area contributed by atoms with Crippen LogP contribution in [-0.2, 0) is 9.47 Å². The number of hydrogen-bond acceptors (Lipinski definition) is 5. The van der Waals surface area contributed by atoms with Crippen molar-refractivity contribution in [2.24, 2.45) is 0 Å². The van der Waals surface area contributed by atoms with Gasteiger partial charge < -0.3 is 14.6 Å². The second-order valence-corrected chi connectivity index (χ2v) is 8.58. The van der Waals surface area contributed by atoms with Gasteiger partial charge in [-0.1, -0.05) is 90.9 Å². The molecule has 186 valence electrons. The summed E-state index contributed by atoms with van der Waals surface area (Å²) in [6.45, 7) is 4.88. The average molecular weight is 463 g/mol. The van der Waals surface area contributed by atoms with Crippen LogP contribution in [0.15, 0.2) is 18.2 Å². The Morgan fingerprint density at radius 3 is 1.52 bits per heavy atom. The third-order valence-electron chi connectivity index (χ3n) is 5.67. The Hall–Kier alpha value is -2.37. The minimum atomic E-state index is -1.17. The van der Waals surface area contributed by atoms with Gasteiger partial charge in [-0.05, 0) is 31.0 Å². The molecule has 0 amide bonds. The van der Waals surface area contributed by atoms with Crippen LogP contribution >= 0.6 is 0 Å². The number of carboxylic acid groups (broad SMARTS) is 1. The number of carbonyl (C=O) groups is 3. The molecule has 0 atom stereocenters. The van der Waals surface area contributed by atoms with Crippen LogP contribution < -0.4 is 0 Å². The summed E-state index contributed by atoms with van der Waals surface area (Å²) in [4.78, 5) is 36.5.